The summed E-state index contributed by atoms with van der Waals surface area (Å²) < 4.78 is 39.2. The number of carbonyl (C=O) groups is 1. The zero-order chi connectivity index (χ0) is 18.3. The highest BCUT2D eigenvalue weighted by atomic mass is 19.4. The smallest absolute Gasteiger partial charge is 0.288 e. The van der Waals surface area contributed by atoms with E-state index in [9.17, 15) is 18.0 Å². The van der Waals surface area contributed by atoms with Gasteiger partial charge in [0.2, 0.25) is 11.8 Å². The van der Waals surface area contributed by atoms with Gasteiger partial charge in [-0.2, -0.15) is 23.3 Å². The van der Waals surface area contributed by atoms with Gasteiger partial charge >= 0.3 is 6.18 Å². The third kappa shape index (κ3) is 3.17. The van der Waals surface area contributed by atoms with Crippen LogP contribution >= 0.6 is 0 Å². The lowest BCUT2D eigenvalue weighted by Crippen LogP contribution is -2.18. The molecule has 0 atom stereocenters. The average molecular weight is 362 g/mol. The molecule has 0 saturated heterocycles. The van der Waals surface area contributed by atoms with Gasteiger partial charge in [-0.15, -0.1) is 5.10 Å². The number of amides is 1. The molecule has 3 aromatic rings. The van der Waals surface area contributed by atoms with E-state index in [1.165, 1.54) is 4.68 Å². The Balaban J connectivity index is 1.64. The standard InChI is InChI=1S/C16H13F3N6O/c17-16(18,19)14-21-15(23-22-14)20-13(26)12-8-11(9-6-7-9)24-25(12)10-4-2-1-3-5-10/h1-5,8-9H,6-7H2,(H2,20,21,22,23,26). The number of alkyl halides is 3. The molecule has 2 aromatic heterocycles. The maximum atomic E-state index is 12.6. The zero-order valence-corrected chi connectivity index (χ0v) is 13.3. The van der Waals surface area contributed by atoms with E-state index < -0.39 is 23.9 Å². The number of aromatic nitrogens is 5. The van der Waals surface area contributed by atoms with Gasteiger partial charge in [0.1, 0.15) is 5.69 Å². The first-order valence-electron chi connectivity index (χ1n) is 7.88. The Morgan fingerprint density at radius 2 is 1.96 bits per heavy atom. The molecule has 134 valence electrons. The maximum absolute atomic E-state index is 12.6. The molecule has 0 radical (unpaired) electrons. The van der Waals surface area contributed by atoms with Crippen molar-refractivity contribution < 1.29 is 18.0 Å². The van der Waals surface area contributed by atoms with E-state index in [1.807, 2.05) is 6.07 Å². The van der Waals surface area contributed by atoms with Crippen LogP contribution in [0.1, 0.15) is 40.8 Å². The summed E-state index contributed by atoms with van der Waals surface area (Å²) in [5, 5.41) is 11.9. The zero-order valence-electron chi connectivity index (χ0n) is 13.3. The van der Waals surface area contributed by atoms with Gasteiger partial charge in [-0.3, -0.25) is 15.2 Å². The number of hydrogen-bond donors (Lipinski definition) is 2. The van der Waals surface area contributed by atoms with Crippen molar-refractivity contribution in [3.63, 3.8) is 0 Å². The summed E-state index contributed by atoms with van der Waals surface area (Å²) >= 11 is 0. The lowest BCUT2D eigenvalue weighted by molar-refractivity contribution is -0.144. The van der Waals surface area contributed by atoms with Crippen LogP contribution in [-0.2, 0) is 6.18 Å². The van der Waals surface area contributed by atoms with E-state index >= 15 is 0 Å². The van der Waals surface area contributed by atoms with Crippen LogP contribution in [0.15, 0.2) is 36.4 Å². The van der Waals surface area contributed by atoms with Crippen LogP contribution in [0, 0.1) is 0 Å². The summed E-state index contributed by atoms with van der Waals surface area (Å²) in [6.07, 6.45) is -2.66. The van der Waals surface area contributed by atoms with Gasteiger partial charge < -0.3 is 0 Å². The van der Waals surface area contributed by atoms with E-state index in [0.717, 1.165) is 18.5 Å². The molecule has 0 spiro atoms. The number of hydrogen-bond acceptors (Lipinski definition) is 4. The Kier molecular flexibility index (Phi) is 3.74. The third-order valence-corrected chi connectivity index (χ3v) is 3.94. The van der Waals surface area contributed by atoms with Crippen LogP contribution in [0.2, 0.25) is 0 Å². The Labute approximate surface area is 145 Å². The molecule has 26 heavy (non-hydrogen) atoms. The monoisotopic (exact) mass is 362 g/mol. The van der Waals surface area contributed by atoms with Crippen molar-refractivity contribution in [3.05, 3.63) is 53.6 Å². The molecule has 1 saturated carbocycles. The van der Waals surface area contributed by atoms with Crippen molar-refractivity contribution in [2.75, 3.05) is 5.32 Å². The Morgan fingerprint density at radius 3 is 2.58 bits per heavy atom. The lowest BCUT2D eigenvalue weighted by Gasteiger charge is -2.06. The molecule has 4 rings (SSSR count). The molecular formula is C16H13F3N6O. The molecule has 1 fully saturated rings. The van der Waals surface area contributed by atoms with Crippen LogP contribution in [0.5, 0.6) is 0 Å². The minimum absolute atomic E-state index is 0.205. The van der Waals surface area contributed by atoms with Crippen LogP contribution < -0.4 is 5.32 Å². The van der Waals surface area contributed by atoms with E-state index in [0.29, 0.717) is 11.6 Å². The number of aromatic amines is 1. The molecule has 0 unspecified atom stereocenters. The Bertz CT molecular complexity index is 943. The van der Waals surface area contributed by atoms with Gasteiger partial charge in [0.05, 0.1) is 11.4 Å². The van der Waals surface area contributed by atoms with E-state index in [-0.39, 0.29) is 5.69 Å². The van der Waals surface area contributed by atoms with Crippen molar-refractivity contribution >= 4 is 11.9 Å². The number of halogens is 3. The highest BCUT2D eigenvalue weighted by Crippen LogP contribution is 2.39. The van der Waals surface area contributed by atoms with Crippen molar-refractivity contribution in [3.8, 4) is 5.69 Å². The molecule has 1 amide bonds. The van der Waals surface area contributed by atoms with Crippen LogP contribution in [0.3, 0.4) is 0 Å². The fraction of sp³-hybridized carbons (Fsp3) is 0.250. The van der Waals surface area contributed by atoms with E-state index in [1.54, 1.807) is 35.4 Å². The molecule has 7 nitrogen and oxygen atoms in total. The minimum atomic E-state index is -4.67. The predicted molar refractivity (Wildman–Crippen MR) is 84.9 cm³/mol. The first-order chi connectivity index (χ1) is 12.4. The summed E-state index contributed by atoms with van der Waals surface area (Å²) in [6, 6.07) is 10.7. The Hall–Kier alpha value is -3.17. The van der Waals surface area contributed by atoms with Crippen molar-refractivity contribution in [1.82, 2.24) is 25.0 Å². The number of carbonyl (C=O) groups excluding carboxylic acids is 1. The number of nitrogens with one attached hydrogen (secondary N) is 2. The normalized spacial score (nSPS) is 14.4. The summed E-state index contributed by atoms with van der Waals surface area (Å²) in [4.78, 5) is 15.8. The summed E-state index contributed by atoms with van der Waals surface area (Å²) in [6.45, 7) is 0. The van der Waals surface area contributed by atoms with Gasteiger partial charge in [-0.1, -0.05) is 18.2 Å². The van der Waals surface area contributed by atoms with Crippen molar-refractivity contribution in [2.45, 2.75) is 24.9 Å². The molecule has 10 heteroatoms. The molecule has 0 aliphatic heterocycles. The molecule has 0 bridgehead atoms. The van der Waals surface area contributed by atoms with Gasteiger partial charge in [-0.25, -0.2) is 4.68 Å². The number of nitrogens with zero attached hydrogens (tertiary/aromatic N) is 4. The summed E-state index contributed by atoms with van der Waals surface area (Å²) in [5.41, 5.74) is 1.66. The number of anilines is 1. The van der Waals surface area contributed by atoms with E-state index in [2.05, 4.69) is 20.5 Å². The quantitative estimate of drug-likeness (QED) is 0.746. The molecule has 2 N–H and O–H groups in total. The van der Waals surface area contributed by atoms with Crippen LogP contribution in [0.25, 0.3) is 5.69 Å². The van der Waals surface area contributed by atoms with Gasteiger partial charge in [0.25, 0.3) is 5.91 Å². The number of para-hydroxylation sites is 1. The summed E-state index contributed by atoms with van der Waals surface area (Å²) in [7, 11) is 0. The van der Waals surface area contributed by atoms with Gasteiger partial charge in [-0.05, 0) is 31.0 Å². The lowest BCUT2D eigenvalue weighted by atomic mass is 10.2. The minimum Gasteiger partial charge on any atom is -0.288 e. The first-order valence-corrected chi connectivity index (χ1v) is 7.88. The van der Waals surface area contributed by atoms with E-state index in [4.69, 9.17) is 0 Å². The van der Waals surface area contributed by atoms with Gasteiger partial charge in [0.15, 0.2) is 0 Å². The summed E-state index contributed by atoms with van der Waals surface area (Å²) in [5.74, 6) is -2.05. The molecule has 1 aromatic carbocycles. The SMILES string of the molecule is O=C(Nc1n[nH]c(C(F)(F)F)n1)c1cc(C2CC2)nn1-c1ccccc1. The van der Waals surface area contributed by atoms with Crippen LogP contribution in [-0.4, -0.2) is 30.9 Å². The number of H-pyrrole nitrogens is 1. The Morgan fingerprint density at radius 1 is 1.23 bits per heavy atom. The molecule has 1 aliphatic carbocycles. The second kappa shape index (κ2) is 5.97. The number of benzene rings is 1. The van der Waals surface area contributed by atoms with Crippen LogP contribution in [0.4, 0.5) is 19.1 Å². The average Bonchev–Trinajstić information content (AvgIpc) is 3.17. The van der Waals surface area contributed by atoms with Crippen molar-refractivity contribution in [2.24, 2.45) is 0 Å². The highest BCUT2D eigenvalue weighted by Gasteiger charge is 2.35. The number of rotatable bonds is 4. The first kappa shape index (κ1) is 16.3. The second-order valence-corrected chi connectivity index (χ2v) is 5.94. The fourth-order valence-corrected chi connectivity index (χ4v) is 2.52. The molecule has 2 heterocycles. The highest BCUT2D eigenvalue weighted by molar-refractivity contribution is 6.02. The largest absolute Gasteiger partial charge is 0.451 e. The van der Waals surface area contributed by atoms with Gasteiger partial charge in [0, 0.05) is 5.92 Å². The molecule has 1 aliphatic rings. The predicted octanol–water partition coefficient (Wildman–Crippen LogP) is 3.14. The topological polar surface area (TPSA) is 88.5 Å². The maximum Gasteiger partial charge on any atom is 0.451 e. The second-order valence-electron chi connectivity index (χ2n) is 5.94. The fourth-order valence-electron chi connectivity index (χ4n) is 2.52. The molecular weight excluding hydrogens is 349 g/mol. The van der Waals surface area contributed by atoms with Crippen molar-refractivity contribution in [1.29, 1.82) is 0 Å². The third-order valence-electron chi connectivity index (χ3n) is 3.94.